The smallest absolute Gasteiger partial charge is 0.228 e. The molecule has 2 aromatic heterocycles. The van der Waals surface area contributed by atoms with Crippen molar-refractivity contribution < 1.29 is 9.59 Å². The standard InChI is InChI=1S/C9H11BrN2O.C9H12N2O.2CH4/c1-6(2)9(13)12-8-5-7(10)3-4-11-8;1-7(2)9(12)11-8-5-3-4-6-10-8;;/h3-6H,1-2H3,(H,11,12,13);3-7H,1-2H3,(H,10,11,12);2*1H4. The monoisotopic (exact) mass is 438 g/mol. The molecule has 2 aromatic rings. The van der Waals surface area contributed by atoms with Crippen LogP contribution in [0, 0.1) is 11.8 Å². The molecular weight excluding hydrogens is 408 g/mol. The Hall–Kier alpha value is -2.28. The fraction of sp³-hybridized carbons (Fsp3) is 0.400. The first-order valence-corrected chi connectivity index (χ1v) is 8.73. The van der Waals surface area contributed by atoms with E-state index in [-0.39, 0.29) is 38.5 Å². The van der Waals surface area contributed by atoms with Gasteiger partial charge in [0.15, 0.2) is 0 Å². The topological polar surface area (TPSA) is 84.0 Å². The number of amides is 2. The van der Waals surface area contributed by atoms with E-state index >= 15 is 0 Å². The zero-order valence-electron chi connectivity index (χ0n) is 14.8. The number of pyridine rings is 2. The van der Waals surface area contributed by atoms with E-state index in [4.69, 9.17) is 0 Å². The Kier molecular flexibility index (Phi) is 13.8. The van der Waals surface area contributed by atoms with Crippen LogP contribution in [-0.2, 0) is 9.59 Å². The van der Waals surface area contributed by atoms with Gasteiger partial charge in [0.1, 0.15) is 11.6 Å². The molecule has 0 aliphatic carbocycles. The first-order valence-electron chi connectivity index (χ1n) is 7.94. The maximum Gasteiger partial charge on any atom is 0.228 e. The lowest BCUT2D eigenvalue weighted by molar-refractivity contribution is -0.119. The molecule has 6 nitrogen and oxygen atoms in total. The summed E-state index contributed by atoms with van der Waals surface area (Å²) in [7, 11) is 0. The summed E-state index contributed by atoms with van der Waals surface area (Å²) in [6, 6.07) is 8.99. The average molecular weight is 439 g/mol. The summed E-state index contributed by atoms with van der Waals surface area (Å²) in [5.41, 5.74) is 0. The highest BCUT2D eigenvalue weighted by molar-refractivity contribution is 9.10. The molecule has 0 fully saturated rings. The van der Waals surface area contributed by atoms with Gasteiger partial charge in [-0.1, -0.05) is 64.5 Å². The van der Waals surface area contributed by atoms with Crippen LogP contribution < -0.4 is 10.6 Å². The van der Waals surface area contributed by atoms with Crippen molar-refractivity contribution in [2.45, 2.75) is 42.5 Å². The van der Waals surface area contributed by atoms with Crippen LogP contribution in [0.3, 0.4) is 0 Å². The molecular formula is C20H31BrN4O2. The largest absolute Gasteiger partial charge is 0.310 e. The molecule has 0 bridgehead atoms. The summed E-state index contributed by atoms with van der Waals surface area (Å²) < 4.78 is 0.904. The summed E-state index contributed by atoms with van der Waals surface area (Å²) >= 11 is 3.30. The number of hydrogen-bond donors (Lipinski definition) is 2. The van der Waals surface area contributed by atoms with E-state index < -0.39 is 0 Å². The molecule has 27 heavy (non-hydrogen) atoms. The molecule has 0 aromatic carbocycles. The van der Waals surface area contributed by atoms with Crippen LogP contribution in [-0.4, -0.2) is 21.8 Å². The molecule has 0 atom stereocenters. The van der Waals surface area contributed by atoms with E-state index in [1.807, 2.05) is 45.9 Å². The van der Waals surface area contributed by atoms with E-state index in [1.165, 1.54) is 0 Å². The maximum absolute atomic E-state index is 11.3. The molecule has 0 radical (unpaired) electrons. The van der Waals surface area contributed by atoms with Gasteiger partial charge in [0.2, 0.25) is 11.8 Å². The van der Waals surface area contributed by atoms with Gasteiger partial charge in [-0.3, -0.25) is 9.59 Å². The predicted octanol–water partition coefficient (Wildman–Crippen LogP) is 5.39. The number of carbonyl (C=O) groups excluding carboxylic acids is 2. The summed E-state index contributed by atoms with van der Waals surface area (Å²) in [6.07, 6.45) is 3.29. The third kappa shape index (κ3) is 11.1. The number of halogens is 1. The van der Waals surface area contributed by atoms with Crippen molar-refractivity contribution in [2.24, 2.45) is 11.8 Å². The van der Waals surface area contributed by atoms with Gasteiger partial charge in [0.05, 0.1) is 0 Å². The Morgan fingerprint density at radius 3 is 1.81 bits per heavy atom. The van der Waals surface area contributed by atoms with E-state index in [2.05, 4.69) is 36.5 Å². The quantitative estimate of drug-likeness (QED) is 0.669. The third-order valence-corrected chi connectivity index (χ3v) is 3.43. The molecule has 7 heteroatoms. The first kappa shape index (κ1) is 26.9. The summed E-state index contributed by atoms with van der Waals surface area (Å²) in [6.45, 7) is 7.37. The Morgan fingerprint density at radius 1 is 0.852 bits per heavy atom. The van der Waals surface area contributed by atoms with Crippen LogP contribution in [0.1, 0.15) is 42.5 Å². The number of carbonyl (C=O) groups is 2. The van der Waals surface area contributed by atoms with E-state index in [0.717, 1.165) is 4.47 Å². The minimum absolute atomic E-state index is 0. The minimum atomic E-state index is -0.0271. The van der Waals surface area contributed by atoms with Crippen molar-refractivity contribution >= 4 is 39.4 Å². The van der Waals surface area contributed by atoms with Gasteiger partial charge in [-0.05, 0) is 24.3 Å². The lowest BCUT2D eigenvalue weighted by Crippen LogP contribution is -2.18. The van der Waals surface area contributed by atoms with Gasteiger partial charge in [0.25, 0.3) is 0 Å². The van der Waals surface area contributed by atoms with Crippen LogP contribution in [0.25, 0.3) is 0 Å². The average Bonchev–Trinajstić information content (AvgIpc) is 2.56. The molecule has 0 unspecified atom stereocenters. The van der Waals surface area contributed by atoms with Gasteiger partial charge in [-0.2, -0.15) is 0 Å². The highest BCUT2D eigenvalue weighted by Gasteiger charge is 2.07. The second kappa shape index (κ2) is 13.9. The molecule has 0 spiro atoms. The zero-order chi connectivity index (χ0) is 18.8. The number of anilines is 2. The van der Waals surface area contributed by atoms with Crippen molar-refractivity contribution in [2.75, 3.05) is 10.6 Å². The molecule has 150 valence electrons. The van der Waals surface area contributed by atoms with Gasteiger partial charge in [-0.15, -0.1) is 0 Å². The lowest BCUT2D eigenvalue weighted by atomic mass is 10.2. The van der Waals surface area contributed by atoms with Crippen LogP contribution >= 0.6 is 15.9 Å². The number of rotatable bonds is 4. The molecule has 2 heterocycles. The third-order valence-electron chi connectivity index (χ3n) is 2.94. The van der Waals surface area contributed by atoms with Gasteiger partial charge in [-0.25, -0.2) is 9.97 Å². The van der Waals surface area contributed by atoms with Gasteiger partial charge >= 0.3 is 0 Å². The Bertz CT molecular complexity index is 691. The maximum atomic E-state index is 11.3. The highest BCUT2D eigenvalue weighted by Crippen LogP contribution is 2.13. The first-order chi connectivity index (χ1) is 11.8. The number of nitrogens with one attached hydrogen (secondary N) is 2. The molecule has 2 rings (SSSR count). The van der Waals surface area contributed by atoms with Crippen LogP contribution in [0.2, 0.25) is 0 Å². The fourth-order valence-corrected chi connectivity index (χ4v) is 1.79. The van der Waals surface area contributed by atoms with E-state index in [0.29, 0.717) is 11.6 Å². The summed E-state index contributed by atoms with van der Waals surface area (Å²) in [5, 5.41) is 5.39. The summed E-state index contributed by atoms with van der Waals surface area (Å²) in [5.74, 6) is 1.12. The molecule has 2 N–H and O–H groups in total. The highest BCUT2D eigenvalue weighted by atomic mass is 79.9. The number of aromatic nitrogens is 2. The van der Waals surface area contributed by atoms with E-state index in [9.17, 15) is 9.59 Å². The fourth-order valence-electron chi connectivity index (χ4n) is 1.45. The van der Waals surface area contributed by atoms with Gasteiger partial charge in [0, 0.05) is 28.7 Å². The van der Waals surface area contributed by atoms with Crippen molar-refractivity contribution in [3.05, 3.63) is 47.2 Å². The van der Waals surface area contributed by atoms with Crippen molar-refractivity contribution in [1.29, 1.82) is 0 Å². The molecule has 0 aliphatic rings. The molecule has 0 saturated heterocycles. The normalized spacial score (nSPS) is 9.30. The van der Waals surface area contributed by atoms with Crippen molar-refractivity contribution in [1.82, 2.24) is 9.97 Å². The SMILES string of the molecule is C.C.CC(C)C(=O)Nc1cc(Br)ccn1.CC(C)C(=O)Nc1ccccn1. The second-order valence-corrected chi connectivity index (χ2v) is 6.78. The zero-order valence-corrected chi connectivity index (χ0v) is 16.4. The predicted molar refractivity (Wildman–Crippen MR) is 117 cm³/mol. The Balaban J connectivity index is 0. The van der Waals surface area contributed by atoms with Gasteiger partial charge < -0.3 is 10.6 Å². The Morgan fingerprint density at radius 2 is 1.37 bits per heavy atom. The number of hydrogen-bond acceptors (Lipinski definition) is 4. The second-order valence-electron chi connectivity index (χ2n) is 5.86. The van der Waals surface area contributed by atoms with Crippen LogP contribution in [0.5, 0.6) is 0 Å². The van der Waals surface area contributed by atoms with Crippen LogP contribution in [0.4, 0.5) is 11.6 Å². The minimum Gasteiger partial charge on any atom is -0.310 e. The van der Waals surface area contributed by atoms with Crippen molar-refractivity contribution in [3.63, 3.8) is 0 Å². The van der Waals surface area contributed by atoms with Crippen molar-refractivity contribution in [3.8, 4) is 0 Å². The Labute approximate surface area is 171 Å². The molecule has 0 aliphatic heterocycles. The summed E-state index contributed by atoms with van der Waals surface area (Å²) in [4.78, 5) is 30.4. The number of nitrogens with zero attached hydrogens (tertiary/aromatic N) is 2. The molecule has 0 saturated carbocycles. The lowest BCUT2D eigenvalue weighted by Gasteiger charge is -2.06. The van der Waals surface area contributed by atoms with Crippen LogP contribution in [0.15, 0.2) is 47.2 Å². The van der Waals surface area contributed by atoms with E-state index in [1.54, 1.807) is 24.5 Å². The molecule has 2 amide bonds.